The summed E-state index contributed by atoms with van der Waals surface area (Å²) in [6.07, 6.45) is -3.58. The number of nitrogens with zero attached hydrogens (tertiary/aromatic N) is 3. The Bertz CT molecular complexity index is 1600. The monoisotopic (exact) mass is 625 g/mol. The predicted octanol–water partition coefficient (Wildman–Crippen LogP) is 4.28. The molecule has 45 heavy (non-hydrogen) atoms. The van der Waals surface area contributed by atoms with Crippen molar-refractivity contribution in [2.24, 2.45) is 5.92 Å². The van der Waals surface area contributed by atoms with E-state index in [1.807, 2.05) is 16.7 Å². The minimum Gasteiger partial charge on any atom is -0.406 e. The van der Waals surface area contributed by atoms with E-state index in [2.05, 4.69) is 25.2 Å². The fraction of sp³-hybridized carbons (Fsp3) is 0.406. The van der Waals surface area contributed by atoms with E-state index in [1.54, 1.807) is 24.3 Å². The molecule has 0 saturated carbocycles. The molecular weight excluding hydrogens is 591 g/mol. The molecule has 2 N–H and O–H groups in total. The Balaban J connectivity index is 1.22. The summed E-state index contributed by atoms with van der Waals surface area (Å²) in [6, 6.07) is 15.3. The van der Waals surface area contributed by atoms with Crippen molar-refractivity contribution in [1.82, 2.24) is 9.47 Å². The van der Waals surface area contributed by atoms with Crippen LogP contribution in [-0.4, -0.2) is 73.6 Å². The van der Waals surface area contributed by atoms with Crippen molar-refractivity contribution in [2.45, 2.75) is 31.7 Å². The van der Waals surface area contributed by atoms with E-state index >= 15 is 0 Å². The average molecular weight is 626 g/mol. The molecular formula is C32H34F3N5O5. The Morgan fingerprint density at radius 2 is 1.73 bits per heavy atom. The molecule has 6 rings (SSSR count). The molecule has 3 aromatic rings. The first kappa shape index (κ1) is 30.7. The predicted molar refractivity (Wildman–Crippen MR) is 162 cm³/mol. The number of carbonyl (C=O) groups excluding carboxylic acids is 2. The number of nitrogens with one attached hydrogen (secondary N) is 2. The largest absolute Gasteiger partial charge is 0.573 e. The lowest BCUT2D eigenvalue weighted by atomic mass is 9.83. The van der Waals surface area contributed by atoms with Crippen LogP contribution in [0.15, 0.2) is 65.5 Å². The maximum absolute atomic E-state index is 13.2. The third-order valence-electron chi connectivity index (χ3n) is 8.46. The van der Waals surface area contributed by atoms with E-state index in [1.165, 1.54) is 12.1 Å². The number of alkyl halides is 3. The van der Waals surface area contributed by atoms with Gasteiger partial charge in [0.1, 0.15) is 5.75 Å². The molecule has 2 amide bonds. The summed E-state index contributed by atoms with van der Waals surface area (Å²) < 4.78 is 48.7. The molecule has 238 valence electrons. The van der Waals surface area contributed by atoms with Crippen LogP contribution in [0.4, 0.5) is 30.2 Å². The summed E-state index contributed by atoms with van der Waals surface area (Å²) in [5.74, 6) is -0.684. The number of halogens is 3. The van der Waals surface area contributed by atoms with Crippen LogP contribution in [0.2, 0.25) is 0 Å². The molecule has 1 aromatic heterocycles. The summed E-state index contributed by atoms with van der Waals surface area (Å²) in [5.41, 5.74) is 2.83. The molecule has 3 aliphatic heterocycles. The van der Waals surface area contributed by atoms with Crippen molar-refractivity contribution >= 4 is 28.9 Å². The van der Waals surface area contributed by atoms with E-state index < -0.39 is 18.0 Å². The van der Waals surface area contributed by atoms with Crippen LogP contribution in [0.3, 0.4) is 0 Å². The zero-order chi connectivity index (χ0) is 31.6. The van der Waals surface area contributed by atoms with Crippen molar-refractivity contribution in [1.29, 1.82) is 0 Å². The number of benzene rings is 2. The lowest BCUT2D eigenvalue weighted by Gasteiger charge is -2.44. The molecule has 0 spiro atoms. The van der Waals surface area contributed by atoms with Crippen LogP contribution < -0.4 is 25.8 Å². The highest BCUT2D eigenvalue weighted by Gasteiger charge is 2.35. The standard InChI is InChI=1S/C32H34F3N5O5/c33-32(34,35)45-25-7-5-24(6-8-25)36-31(43)22-4-9-28(26(17-22)37-29(41)10-11-38-12-14-44-15-13-38)39-18-21-16-23(20-39)27-2-1-3-30(42)40(27)19-21/h1-9,17,21,23H,10-16,18-20H2,(H,36,43)(H,37,41). The molecule has 2 aromatic carbocycles. The minimum atomic E-state index is -4.82. The fourth-order valence-electron chi connectivity index (χ4n) is 6.39. The summed E-state index contributed by atoms with van der Waals surface area (Å²) >= 11 is 0. The smallest absolute Gasteiger partial charge is 0.406 e. The Kier molecular flexibility index (Phi) is 8.81. The third-order valence-corrected chi connectivity index (χ3v) is 8.46. The van der Waals surface area contributed by atoms with Crippen LogP contribution in [-0.2, 0) is 16.1 Å². The molecule has 2 fully saturated rings. The first-order chi connectivity index (χ1) is 21.6. The molecule has 2 bridgehead atoms. The van der Waals surface area contributed by atoms with Gasteiger partial charge in [-0.3, -0.25) is 19.3 Å². The fourth-order valence-corrected chi connectivity index (χ4v) is 6.39. The number of carbonyl (C=O) groups is 2. The maximum atomic E-state index is 13.2. The quantitative estimate of drug-likeness (QED) is 0.385. The van der Waals surface area contributed by atoms with Gasteiger partial charge >= 0.3 is 6.36 Å². The first-order valence-electron chi connectivity index (χ1n) is 15.0. The van der Waals surface area contributed by atoms with Crippen LogP contribution in [0.5, 0.6) is 5.75 Å². The SMILES string of the molecule is O=C(CCN1CCOCC1)Nc1cc(C(=O)Nc2ccc(OC(F)(F)F)cc2)ccc1N1CC2CC(C1)c1cccc(=O)n1C2. The summed E-state index contributed by atoms with van der Waals surface area (Å²) in [4.78, 5) is 43.3. The van der Waals surface area contributed by atoms with Gasteiger partial charge in [-0.25, -0.2) is 0 Å². The van der Waals surface area contributed by atoms with Gasteiger partial charge in [-0.05, 0) is 60.9 Å². The number of morpholine rings is 1. The molecule has 2 unspecified atom stereocenters. The second kappa shape index (κ2) is 12.9. The highest BCUT2D eigenvalue weighted by molar-refractivity contribution is 6.06. The summed E-state index contributed by atoms with van der Waals surface area (Å²) in [5, 5.41) is 5.72. The third kappa shape index (κ3) is 7.48. The van der Waals surface area contributed by atoms with Gasteiger partial charge in [-0.2, -0.15) is 0 Å². The number of aromatic nitrogens is 1. The van der Waals surface area contributed by atoms with Gasteiger partial charge < -0.3 is 29.6 Å². The highest BCUT2D eigenvalue weighted by Crippen LogP contribution is 2.39. The van der Waals surface area contributed by atoms with Crippen LogP contribution in [0, 0.1) is 5.92 Å². The topological polar surface area (TPSA) is 105 Å². The van der Waals surface area contributed by atoms with Gasteiger partial charge in [0, 0.05) is 74.6 Å². The zero-order valence-corrected chi connectivity index (χ0v) is 24.5. The van der Waals surface area contributed by atoms with E-state index in [0.717, 1.165) is 43.0 Å². The van der Waals surface area contributed by atoms with Gasteiger partial charge in [0.05, 0.1) is 24.6 Å². The second-order valence-corrected chi connectivity index (χ2v) is 11.6. The number of hydrogen-bond donors (Lipinski definition) is 2. The number of hydrogen-bond acceptors (Lipinski definition) is 7. The zero-order valence-electron chi connectivity index (χ0n) is 24.5. The van der Waals surface area contributed by atoms with Crippen LogP contribution >= 0.6 is 0 Å². The Hall–Kier alpha value is -4.36. The van der Waals surface area contributed by atoms with Crippen molar-refractivity contribution in [2.75, 3.05) is 61.5 Å². The molecule has 13 heteroatoms. The molecule has 3 aliphatic rings. The lowest BCUT2D eigenvalue weighted by Crippen LogP contribution is -2.47. The number of piperidine rings is 1. The number of anilines is 3. The van der Waals surface area contributed by atoms with E-state index in [0.29, 0.717) is 45.1 Å². The number of ether oxygens (including phenoxy) is 2. The van der Waals surface area contributed by atoms with Gasteiger partial charge in [0.25, 0.3) is 11.5 Å². The van der Waals surface area contributed by atoms with E-state index in [4.69, 9.17) is 4.74 Å². The molecule has 2 saturated heterocycles. The summed E-state index contributed by atoms with van der Waals surface area (Å²) in [6.45, 7) is 5.33. The van der Waals surface area contributed by atoms with Gasteiger partial charge in [0.15, 0.2) is 0 Å². The normalized spacial score (nSPS) is 19.8. The van der Waals surface area contributed by atoms with Crippen molar-refractivity contribution in [3.8, 4) is 5.75 Å². The van der Waals surface area contributed by atoms with Crippen molar-refractivity contribution in [3.63, 3.8) is 0 Å². The van der Waals surface area contributed by atoms with Crippen LogP contribution in [0.1, 0.15) is 34.8 Å². The van der Waals surface area contributed by atoms with Crippen LogP contribution in [0.25, 0.3) is 0 Å². The lowest BCUT2D eigenvalue weighted by molar-refractivity contribution is -0.274. The Morgan fingerprint density at radius 1 is 0.956 bits per heavy atom. The van der Waals surface area contributed by atoms with E-state index in [9.17, 15) is 27.6 Å². The first-order valence-corrected chi connectivity index (χ1v) is 15.0. The van der Waals surface area contributed by atoms with Crippen molar-refractivity contribution in [3.05, 3.63) is 82.3 Å². The summed E-state index contributed by atoms with van der Waals surface area (Å²) in [7, 11) is 0. The van der Waals surface area contributed by atoms with Crippen molar-refractivity contribution < 1.29 is 32.2 Å². The number of fused-ring (bicyclic) bond motifs is 4. The van der Waals surface area contributed by atoms with E-state index in [-0.39, 0.29) is 41.0 Å². The number of rotatable bonds is 8. The number of pyridine rings is 1. The molecule has 0 aliphatic carbocycles. The molecule has 10 nitrogen and oxygen atoms in total. The van der Waals surface area contributed by atoms with Gasteiger partial charge in [0.2, 0.25) is 5.91 Å². The molecule has 2 atom stereocenters. The minimum absolute atomic E-state index is 0.00162. The van der Waals surface area contributed by atoms with Gasteiger partial charge in [-0.15, -0.1) is 13.2 Å². The average Bonchev–Trinajstić information content (AvgIpc) is 3.01. The molecule has 0 radical (unpaired) electrons. The van der Waals surface area contributed by atoms with Gasteiger partial charge in [-0.1, -0.05) is 6.07 Å². The maximum Gasteiger partial charge on any atom is 0.573 e. The number of amides is 2. The highest BCUT2D eigenvalue weighted by atomic mass is 19.4. The second-order valence-electron chi connectivity index (χ2n) is 11.6. The molecule has 4 heterocycles. The Morgan fingerprint density at radius 3 is 2.49 bits per heavy atom. The Labute approximate surface area is 257 Å².